The molecule has 1 fully saturated rings. The molecule has 2 aromatic carbocycles. The molecule has 0 radical (unpaired) electrons. The predicted octanol–water partition coefficient (Wildman–Crippen LogP) is 4.47. The zero-order valence-electron chi connectivity index (χ0n) is 15.5. The molecule has 1 heterocycles. The van der Waals surface area contributed by atoms with E-state index in [2.05, 4.69) is 41.4 Å². The fourth-order valence-corrected chi connectivity index (χ4v) is 3.49. The lowest BCUT2D eigenvalue weighted by molar-refractivity contribution is -0.112. The number of nitriles is 1. The third-order valence-corrected chi connectivity index (χ3v) is 5.08. The maximum atomic E-state index is 12.4. The number of carbonyl (C=O) groups is 1. The van der Waals surface area contributed by atoms with E-state index in [1.807, 2.05) is 11.0 Å². The molecule has 0 spiro atoms. The van der Waals surface area contributed by atoms with Crippen molar-refractivity contribution in [2.75, 3.05) is 36.4 Å². The minimum absolute atomic E-state index is 0.0371. The normalized spacial score (nSPS) is 14.6. The first kappa shape index (κ1) is 20.1. The van der Waals surface area contributed by atoms with Crippen molar-refractivity contribution < 1.29 is 4.79 Å². The van der Waals surface area contributed by atoms with Gasteiger partial charge in [0.25, 0.3) is 5.91 Å². The second kappa shape index (κ2) is 9.01. The van der Waals surface area contributed by atoms with Crippen LogP contribution in [0.2, 0.25) is 10.0 Å². The van der Waals surface area contributed by atoms with Crippen molar-refractivity contribution >= 4 is 40.5 Å². The fourth-order valence-electron chi connectivity index (χ4n) is 3.04. The van der Waals surface area contributed by atoms with E-state index < -0.39 is 5.91 Å². The largest absolute Gasteiger partial charge is 0.373 e. The zero-order valence-corrected chi connectivity index (χ0v) is 17.0. The number of hydrogen-bond acceptors (Lipinski definition) is 4. The molecular formula is C21H20Cl2N4O. The number of halogens is 2. The van der Waals surface area contributed by atoms with Crippen molar-refractivity contribution in [3.8, 4) is 6.07 Å². The fraction of sp³-hybridized carbons (Fsp3) is 0.238. The summed E-state index contributed by atoms with van der Waals surface area (Å²) in [6.07, 6.45) is 1.62. The molecule has 1 saturated heterocycles. The molecule has 144 valence electrons. The highest BCUT2D eigenvalue weighted by Gasteiger charge is 2.18. The second-order valence-electron chi connectivity index (χ2n) is 6.59. The first-order valence-corrected chi connectivity index (χ1v) is 9.66. The van der Waals surface area contributed by atoms with Gasteiger partial charge < -0.3 is 15.1 Å². The Kier molecular flexibility index (Phi) is 6.45. The van der Waals surface area contributed by atoms with Crippen molar-refractivity contribution in [3.63, 3.8) is 0 Å². The molecule has 28 heavy (non-hydrogen) atoms. The van der Waals surface area contributed by atoms with Crippen molar-refractivity contribution in [2.24, 2.45) is 0 Å². The number of hydrogen-bond donors (Lipinski definition) is 1. The minimum Gasteiger partial charge on any atom is -0.373 e. The van der Waals surface area contributed by atoms with Crippen LogP contribution in [0.15, 0.2) is 54.2 Å². The molecule has 1 amide bonds. The summed E-state index contributed by atoms with van der Waals surface area (Å²) >= 11 is 11.9. The number of nitrogens with zero attached hydrogens (tertiary/aromatic N) is 3. The van der Waals surface area contributed by atoms with Gasteiger partial charge in [0.1, 0.15) is 11.6 Å². The van der Waals surface area contributed by atoms with Crippen LogP contribution in [0.25, 0.3) is 0 Å². The minimum atomic E-state index is -0.493. The van der Waals surface area contributed by atoms with E-state index in [4.69, 9.17) is 23.2 Å². The van der Waals surface area contributed by atoms with Crippen LogP contribution >= 0.6 is 23.2 Å². The molecule has 0 atom stereocenters. The Morgan fingerprint density at radius 3 is 2.54 bits per heavy atom. The SMILES string of the molecule is Cc1cccc(N2CCN(/C=C(/C#N)C(=O)Nc3ccc(Cl)cc3Cl)CC2)c1. The summed E-state index contributed by atoms with van der Waals surface area (Å²) < 4.78 is 0. The van der Waals surface area contributed by atoms with Crippen LogP contribution in [-0.2, 0) is 4.79 Å². The molecule has 3 rings (SSSR count). The Morgan fingerprint density at radius 2 is 1.89 bits per heavy atom. The maximum absolute atomic E-state index is 12.4. The van der Waals surface area contributed by atoms with Crippen LogP contribution in [0.3, 0.4) is 0 Å². The highest BCUT2D eigenvalue weighted by molar-refractivity contribution is 6.36. The first-order valence-electron chi connectivity index (χ1n) is 8.90. The third-order valence-electron chi connectivity index (χ3n) is 4.54. The molecular weight excluding hydrogens is 395 g/mol. The quantitative estimate of drug-likeness (QED) is 0.591. The Morgan fingerprint density at radius 1 is 1.14 bits per heavy atom. The monoisotopic (exact) mass is 414 g/mol. The Labute approximate surface area is 174 Å². The number of piperazine rings is 1. The van der Waals surface area contributed by atoms with E-state index >= 15 is 0 Å². The van der Waals surface area contributed by atoms with Gasteiger partial charge in [-0.15, -0.1) is 0 Å². The van der Waals surface area contributed by atoms with E-state index in [1.165, 1.54) is 11.3 Å². The molecule has 0 aliphatic carbocycles. The van der Waals surface area contributed by atoms with Gasteiger partial charge in [-0.25, -0.2) is 0 Å². The smallest absolute Gasteiger partial charge is 0.267 e. The summed E-state index contributed by atoms with van der Waals surface area (Å²) in [4.78, 5) is 16.7. The Hall–Kier alpha value is -2.68. The molecule has 5 nitrogen and oxygen atoms in total. The average molecular weight is 415 g/mol. The molecule has 2 aromatic rings. The van der Waals surface area contributed by atoms with Gasteiger partial charge in [-0.05, 0) is 42.8 Å². The van der Waals surface area contributed by atoms with Gasteiger partial charge >= 0.3 is 0 Å². The van der Waals surface area contributed by atoms with E-state index in [9.17, 15) is 10.1 Å². The highest BCUT2D eigenvalue weighted by Crippen LogP contribution is 2.26. The summed E-state index contributed by atoms with van der Waals surface area (Å²) in [6.45, 7) is 5.18. The lowest BCUT2D eigenvalue weighted by atomic mass is 10.2. The summed E-state index contributed by atoms with van der Waals surface area (Å²) in [5.74, 6) is -0.493. The van der Waals surface area contributed by atoms with Gasteiger partial charge in [-0.3, -0.25) is 4.79 Å². The number of rotatable bonds is 4. The van der Waals surface area contributed by atoms with Crippen molar-refractivity contribution in [2.45, 2.75) is 6.92 Å². The number of benzene rings is 2. The number of anilines is 2. The molecule has 1 aliphatic heterocycles. The van der Waals surface area contributed by atoms with E-state index in [1.54, 1.807) is 24.4 Å². The van der Waals surface area contributed by atoms with Crippen molar-refractivity contribution in [1.82, 2.24) is 4.90 Å². The lowest BCUT2D eigenvalue weighted by Gasteiger charge is -2.35. The van der Waals surface area contributed by atoms with Crippen LogP contribution in [0.1, 0.15) is 5.56 Å². The van der Waals surface area contributed by atoms with Crippen molar-refractivity contribution in [3.05, 3.63) is 69.8 Å². The molecule has 7 heteroatoms. The molecule has 0 saturated carbocycles. The van der Waals surface area contributed by atoms with Gasteiger partial charge in [0, 0.05) is 43.1 Å². The van der Waals surface area contributed by atoms with Gasteiger partial charge in [-0.1, -0.05) is 35.3 Å². The maximum Gasteiger partial charge on any atom is 0.267 e. The van der Waals surface area contributed by atoms with Crippen LogP contribution in [0.4, 0.5) is 11.4 Å². The lowest BCUT2D eigenvalue weighted by Crippen LogP contribution is -2.44. The van der Waals surface area contributed by atoms with Crippen LogP contribution < -0.4 is 10.2 Å². The Bertz CT molecular complexity index is 944. The summed E-state index contributed by atoms with van der Waals surface area (Å²) in [6, 6.07) is 15.1. The number of carbonyl (C=O) groups excluding carboxylic acids is 1. The number of nitrogens with one attached hydrogen (secondary N) is 1. The van der Waals surface area contributed by atoms with E-state index in [-0.39, 0.29) is 5.57 Å². The summed E-state index contributed by atoms with van der Waals surface area (Å²) in [5.41, 5.74) is 2.87. The zero-order chi connectivity index (χ0) is 20.1. The number of amides is 1. The standard InChI is InChI=1S/C21H20Cl2N4O/c1-15-3-2-4-18(11-15)27-9-7-26(8-10-27)14-16(13-24)21(28)25-20-6-5-17(22)12-19(20)23/h2-6,11-12,14H,7-10H2,1H3,(H,25,28)/b16-14-. The van der Waals surface area contributed by atoms with E-state index in [0.717, 1.165) is 26.2 Å². The molecule has 1 N–H and O–H groups in total. The van der Waals surface area contributed by atoms with Crippen molar-refractivity contribution in [1.29, 1.82) is 5.26 Å². The van der Waals surface area contributed by atoms with Crippen LogP contribution in [-0.4, -0.2) is 37.0 Å². The third kappa shape index (κ3) is 4.98. The summed E-state index contributed by atoms with van der Waals surface area (Å²) in [7, 11) is 0. The number of aryl methyl sites for hydroxylation is 1. The van der Waals surface area contributed by atoms with Gasteiger partial charge in [0.2, 0.25) is 0 Å². The summed E-state index contributed by atoms with van der Waals surface area (Å²) in [5, 5.41) is 12.9. The Balaban J connectivity index is 1.63. The average Bonchev–Trinajstić information content (AvgIpc) is 2.68. The molecule has 0 unspecified atom stereocenters. The van der Waals surface area contributed by atoms with Gasteiger partial charge in [0.05, 0.1) is 10.7 Å². The first-order chi connectivity index (χ1) is 13.5. The van der Waals surface area contributed by atoms with Crippen LogP contribution in [0.5, 0.6) is 0 Å². The van der Waals surface area contributed by atoms with Gasteiger partial charge in [-0.2, -0.15) is 5.26 Å². The molecule has 1 aliphatic rings. The molecule has 0 aromatic heterocycles. The highest BCUT2D eigenvalue weighted by atomic mass is 35.5. The topological polar surface area (TPSA) is 59.4 Å². The predicted molar refractivity (Wildman–Crippen MR) is 114 cm³/mol. The van der Waals surface area contributed by atoms with Gasteiger partial charge in [0.15, 0.2) is 0 Å². The van der Waals surface area contributed by atoms with Crippen LogP contribution in [0, 0.1) is 18.3 Å². The van der Waals surface area contributed by atoms with E-state index in [0.29, 0.717) is 15.7 Å². The molecule has 0 bridgehead atoms. The second-order valence-corrected chi connectivity index (χ2v) is 7.44.